The normalized spacial score (nSPS) is 27.5. The molecule has 134 valence electrons. The average Bonchev–Trinajstić information content (AvgIpc) is 3.08. The zero-order valence-corrected chi connectivity index (χ0v) is 15.8. The molecule has 0 bridgehead atoms. The fraction of sp³-hybridized carbons (Fsp3) is 0.381. The first-order valence-electron chi connectivity index (χ1n) is 8.89. The lowest BCUT2D eigenvalue weighted by molar-refractivity contribution is -0.899. The van der Waals surface area contributed by atoms with Crippen LogP contribution in [-0.4, -0.2) is 39.8 Å². The number of carbonyl (C=O) groups excluding carboxylic acids is 1. The predicted octanol–water partition coefficient (Wildman–Crippen LogP) is 2.77. The van der Waals surface area contributed by atoms with E-state index in [0.29, 0.717) is 17.6 Å². The monoisotopic (exact) mass is 349 g/mol. The average molecular weight is 349 g/mol. The van der Waals surface area contributed by atoms with Crippen LogP contribution in [0.4, 0.5) is 0 Å². The number of carbonyl (C=O) groups is 1. The summed E-state index contributed by atoms with van der Waals surface area (Å²) in [6.45, 7) is 8.80. The van der Waals surface area contributed by atoms with Gasteiger partial charge < -0.3 is 5.32 Å². The second kappa shape index (κ2) is 6.89. The molecule has 0 aromatic carbocycles. The van der Waals surface area contributed by atoms with Crippen LogP contribution >= 0.6 is 0 Å². The fourth-order valence-corrected chi connectivity index (χ4v) is 3.35. The van der Waals surface area contributed by atoms with Gasteiger partial charge in [0.1, 0.15) is 24.3 Å². The summed E-state index contributed by atoms with van der Waals surface area (Å²) in [5, 5.41) is 7.70. The van der Waals surface area contributed by atoms with Gasteiger partial charge >= 0.3 is 0 Å². The molecule has 3 heterocycles. The first kappa shape index (κ1) is 18.1. The molecular formula is C21H25N4O+. The quantitative estimate of drug-likeness (QED) is 0.674. The number of amides is 1. The van der Waals surface area contributed by atoms with Gasteiger partial charge in [0.25, 0.3) is 5.91 Å². The fourth-order valence-electron chi connectivity index (χ4n) is 3.35. The third-order valence-corrected chi connectivity index (χ3v) is 4.98. The number of nitrogens with zero attached hydrogens (tertiary/aromatic N) is 3. The van der Waals surface area contributed by atoms with E-state index in [-0.39, 0.29) is 11.9 Å². The first-order chi connectivity index (χ1) is 12.3. The number of aromatic nitrogens is 1. The molecule has 3 rings (SSSR count). The van der Waals surface area contributed by atoms with E-state index in [1.54, 1.807) is 18.6 Å². The zero-order chi connectivity index (χ0) is 18.8. The number of pyridine rings is 1. The maximum Gasteiger partial charge on any atom is 0.254 e. The van der Waals surface area contributed by atoms with Crippen LogP contribution in [0.3, 0.4) is 0 Å². The number of nitrogens with one attached hydrogen (secondary N) is 1. The van der Waals surface area contributed by atoms with Gasteiger partial charge in [0.15, 0.2) is 0 Å². The Kier molecular flexibility index (Phi) is 4.80. The molecule has 26 heavy (non-hydrogen) atoms. The van der Waals surface area contributed by atoms with Crippen molar-refractivity contribution in [3.63, 3.8) is 0 Å². The van der Waals surface area contributed by atoms with E-state index >= 15 is 0 Å². The second-order valence-electron chi connectivity index (χ2n) is 7.45. The van der Waals surface area contributed by atoms with Crippen molar-refractivity contribution >= 4 is 12.1 Å². The Balaban J connectivity index is 1.84. The Labute approximate surface area is 155 Å². The Morgan fingerprint density at radius 3 is 2.65 bits per heavy atom. The second-order valence-corrected chi connectivity index (χ2v) is 7.45. The van der Waals surface area contributed by atoms with Gasteiger partial charge in [-0.15, -0.1) is 0 Å². The van der Waals surface area contributed by atoms with Crippen LogP contribution in [0.1, 0.15) is 39.7 Å². The standard InChI is InChI=1S/C21H24N4O/c1-16(2)25(13-5-10-23-25)15-19-17(3)14-21(4,24-20(19)26)9-6-18-7-11-22-12-8-18/h5,7-8,10-13,16H,14-15H2,1-4H3/p+1. The van der Waals surface area contributed by atoms with E-state index in [1.807, 2.05) is 32.1 Å². The largest absolute Gasteiger partial charge is 0.336 e. The summed E-state index contributed by atoms with van der Waals surface area (Å²) in [5.41, 5.74) is 2.21. The summed E-state index contributed by atoms with van der Waals surface area (Å²) in [7, 11) is 0. The van der Waals surface area contributed by atoms with Crippen LogP contribution in [0.25, 0.3) is 0 Å². The van der Waals surface area contributed by atoms with Gasteiger partial charge in [-0.25, -0.2) is 0 Å². The highest BCUT2D eigenvalue weighted by Gasteiger charge is 2.39. The Bertz CT molecular complexity index is 843. The lowest BCUT2D eigenvalue weighted by Gasteiger charge is -2.36. The van der Waals surface area contributed by atoms with Crippen molar-refractivity contribution in [2.45, 2.75) is 45.7 Å². The zero-order valence-electron chi connectivity index (χ0n) is 15.8. The minimum Gasteiger partial charge on any atom is -0.336 e. The third-order valence-electron chi connectivity index (χ3n) is 4.98. The molecular weight excluding hydrogens is 324 g/mol. The summed E-state index contributed by atoms with van der Waals surface area (Å²) in [4.78, 5) is 16.8. The molecule has 5 heteroatoms. The Hall–Kier alpha value is -2.71. The highest BCUT2D eigenvalue weighted by atomic mass is 16.2. The minimum absolute atomic E-state index is 0.0473. The van der Waals surface area contributed by atoms with Gasteiger partial charge in [0, 0.05) is 30.5 Å². The molecule has 2 aliphatic rings. The van der Waals surface area contributed by atoms with E-state index in [4.69, 9.17) is 0 Å². The molecule has 0 aliphatic carbocycles. The SMILES string of the molecule is CC1=C(C[N+]2(C(C)C)C=CC=N2)C(=O)NC(C)(C#Cc2ccncc2)C1. The molecule has 0 saturated heterocycles. The third kappa shape index (κ3) is 3.61. The highest BCUT2D eigenvalue weighted by molar-refractivity contribution is 5.96. The number of hydrogen-bond acceptors (Lipinski definition) is 3. The number of quaternary nitrogens is 1. The van der Waals surface area contributed by atoms with Crippen molar-refractivity contribution in [3.05, 3.63) is 53.5 Å². The highest BCUT2D eigenvalue weighted by Crippen LogP contribution is 2.29. The smallest absolute Gasteiger partial charge is 0.254 e. The number of hydrogen-bond donors (Lipinski definition) is 1. The van der Waals surface area contributed by atoms with Crippen molar-refractivity contribution in [1.82, 2.24) is 10.3 Å². The summed E-state index contributed by atoms with van der Waals surface area (Å²) in [6, 6.07) is 3.99. The van der Waals surface area contributed by atoms with Gasteiger partial charge in [0.05, 0.1) is 11.8 Å². The Morgan fingerprint density at radius 2 is 2.08 bits per heavy atom. The van der Waals surface area contributed by atoms with Crippen LogP contribution < -0.4 is 5.32 Å². The van der Waals surface area contributed by atoms with E-state index in [1.165, 1.54) is 0 Å². The topological polar surface area (TPSA) is 54.4 Å². The maximum absolute atomic E-state index is 12.9. The molecule has 1 aromatic heterocycles. The summed E-state index contributed by atoms with van der Waals surface area (Å²) in [6.07, 6.45) is 9.94. The van der Waals surface area contributed by atoms with Crippen LogP contribution in [0.15, 0.2) is 53.1 Å². The van der Waals surface area contributed by atoms with E-state index < -0.39 is 5.54 Å². The lowest BCUT2D eigenvalue weighted by atomic mass is 9.86. The molecule has 1 N–H and O–H groups in total. The van der Waals surface area contributed by atoms with Gasteiger partial charge in [-0.1, -0.05) is 22.5 Å². The molecule has 0 fully saturated rings. The molecule has 2 unspecified atom stereocenters. The van der Waals surface area contributed by atoms with Crippen molar-refractivity contribution in [3.8, 4) is 11.8 Å². The molecule has 0 spiro atoms. The number of allylic oxidation sites excluding steroid dienone is 1. The van der Waals surface area contributed by atoms with Gasteiger partial charge in [0.2, 0.25) is 0 Å². The predicted molar refractivity (Wildman–Crippen MR) is 103 cm³/mol. The summed E-state index contributed by atoms with van der Waals surface area (Å²) >= 11 is 0. The van der Waals surface area contributed by atoms with Crippen LogP contribution in [0.5, 0.6) is 0 Å². The molecule has 1 aromatic rings. The van der Waals surface area contributed by atoms with Crippen LogP contribution in [-0.2, 0) is 4.79 Å². The van der Waals surface area contributed by atoms with Crippen molar-refractivity contribution < 1.29 is 9.39 Å². The lowest BCUT2D eigenvalue weighted by Crippen LogP contribution is -2.53. The first-order valence-corrected chi connectivity index (χ1v) is 8.89. The van der Waals surface area contributed by atoms with Crippen molar-refractivity contribution in [2.75, 3.05) is 6.54 Å². The molecule has 5 nitrogen and oxygen atoms in total. The van der Waals surface area contributed by atoms with Crippen molar-refractivity contribution in [1.29, 1.82) is 0 Å². The van der Waals surface area contributed by atoms with Crippen LogP contribution in [0.2, 0.25) is 0 Å². The minimum atomic E-state index is -0.569. The molecule has 2 aliphatic heterocycles. The molecule has 2 atom stereocenters. The maximum atomic E-state index is 12.9. The van der Waals surface area contributed by atoms with E-state index in [2.05, 4.69) is 47.3 Å². The van der Waals surface area contributed by atoms with Gasteiger partial charge in [-0.05, 0) is 39.8 Å². The molecule has 0 radical (unpaired) electrons. The van der Waals surface area contributed by atoms with E-state index in [9.17, 15) is 4.79 Å². The Morgan fingerprint density at radius 1 is 1.35 bits per heavy atom. The van der Waals surface area contributed by atoms with Gasteiger partial charge in [-0.3, -0.25) is 9.78 Å². The van der Waals surface area contributed by atoms with Crippen molar-refractivity contribution in [2.24, 2.45) is 5.10 Å². The summed E-state index contributed by atoms with van der Waals surface area (Å²) in [5.74, 6) is 6.33. The molecule has 1 amide bonds. The van der Waals surface area contributed by atoms with Gasteiger partial charge in [-0.2, -0.15) is 4.59 Å². The number of rotatable bonds is 3. The molecule has 0 saturated carbocycles. The van der Waals surface area contributed by atoms with Crippen LogP contribution in [0, 0.1) is 11.8 Å². The summed E-state index contributed by atoms with van der Waals surface area (Å²) < 4.78 is 0.430. The van der Waals surface area contributed by atoms with E-state index in [0.717, 1.165) is 16.7 Å².